The molecule has 0 aliphatic carbocycles. The molecule has 0 aliphatic heterocycles. The summed E-state index contributed by atoms with van der Waals surface area (Å²) in [6.45, 7) is 5.15. The molecule has 0 radical (unpaired) electrons. The molecule has 0 aromatic heterocycles. The monoisotopic (exact) mass is 250 g/mol. The van der Waals surface area contributed by atoms with Crippen LogP contribution in [0, 0.1) is 12.8 Å². The lowest BCUT2D eigenvalue weighted by Crippen LogP contribution is -2.40. The maximum absolute atomic E-state index is 5.65. The standard InChI is InChI=1S/C15H26N2O/c1-12-5-4-6-14(11-12)7-8-15(17-16)13(2)9-10-18-3/h4-6,11,13,15,17H,7-10,16H2,1-3H3. The molecule has 2 unspecified atom stereocenters. The molecule has 1 aromatic carbocycles. The summed E-state index contributed by atoms with van der Waals surface area (Å²) in [6, 6.07) is 9.02. The quantitative estimate of drug-likeness (QED) is 0.550. The number of hydrogen-bond acceptors (Lipinski definition) is 3. The SMILES string of the molecule is COCCC(C)C(CCc1cccc(C)c1)NN. The van der Waals surface area contributed by atoms with E-state index >= 15 is 0 Å². The Kier molecular flexibility index (Phi) is 6.94. The smallest absolute Gasteiger partial charge is 0.0465 e. The highest BCUT2D eigenvalue weighted by Gasteiger charge is 2.15. The van der Waals surface area contributed by atoms with Gasteiger partial charge in [0, 0.05) is 19.8 Å². The predicted molar refractivity (Wildman–Crippen MR) is 76.3 cm³/mol. The molecule has 0 amide bonds. The van der Waals surface area contributed by atoms with E-state index in [0.29, 0.717) is 12.0 Å². The number of rotatable bonds is 8. The van der Waals surface area contributed by atoms with E-state index in [1.807, 2.05) is 0 Å². The van der Waals surface area contributed by atoms with Gasteiger partial charge in [0.2, 0.25) is 0 Å². The van der Waals surface area contributed by atoms with Crippen LogP contribution in [-0.2, 0) is 11.2 Å². The van der Waals surface area contributed by atoms with Crippen molar-refractivity contribution in [2.75, 3.05) is 13.7 Å². The van der Waals surface area contributed by atoms with Crippen molar-refractivity contribution in [2.24, 2.45) is 11.8 Å². The molecule has 0 aliphatic rings. The van der Waals surface area contributed by atoms with E-state index in [9.17, 15) is 0 Å². The molecule has 0 bridgehead atoms. The first-order valence-electron chi connectivity index (χ1n) is 6.68. The Morgan fingerprint density at radius 1 is 1.33 bits per heavy atom. The Morgan fingerprint density at radius 3 is 2.72 bits per heavy atom. The summed E-state index contributed by atoms with van der Waals surface area (Å²) < 4.78 is 5.12. The molecular weight excluding hydrogens is 224 g/mol. The highest BCUT2D eigenvalue weighted by atomic mass is 16.5. The molecule has 1 aromatic rings. The van der Waals surface area contributed by atoms with Gasteiger partial charge >= 0.3 is 0 Å². The zero-order chi connectivity index (χ0) is 13.4. The van der Waals surface area contributed by atoms with E-state index in [1.54, 1.807) is 7.11 Å². The molecule has 0 saturated carbocycles. The third-order valence-electron chi connectivity index (χ3n) is 3.50. The second-order valence-corrected chi connectivity index (χ2v) is 5.06. The number of hydrazine groups is 1. The third-order valence-corrected chi connectivity index (χ3v) is 3.50. The van der Waals surface area contributed by atoms with Gasteiger partial charge < -0.3 is 4.74 Å². The summed E-state index contributed by atoms with van der Waals surface area (Å²) in [5.74, 6) is 6.18. The Morgan fingerprint density at radius 2 is 2.11 bits per heavy atom. The van der Waals surface area contributed by atoms with Crippen LogP contribution in [0.5, 0.6) is 0 Å². The lowest BCUT2D eigenvalue weighted by Gasteiger charge is -2.23. The fraction of sp³-hybridized carbons (Fsp3) is 0.600. The minimum absolute atomic E-state index is 0.348. The van der Waals surface area contributed by atoms with Crippen LogP contribution < -0.4 is 11.3 Å². The first-order chi connectivity index (χ1) is 8.67. The van der Waals surface area contributed by atoms with Gasteiger partial charge in [-0.3, -0.25) is 11.3 Å². The Balaban J connectivity index is 2.43. The molecule has 18 heavy (non-hydrogen) atoms. The number of aryl methyl sites for hydroxylation is 2. The number of ether oxygens (including phenoxy) is 1. The largest absolute Gasteiger partial charge is 0.385 e. The van der Waals surface area contributed by atoms with Crippen molar-refractivity contribution in [1.82, 2.24) is 5.43 Å². The number of methoxy groups -OCH3 is 1. The maximum atomic E-state index is 5.65. The molecule has 2 atom stereocenters. The molecule has 3 nitrogen and oxygen atoms in total. The number of benzene rings is 1. The van der Waals surface area contributed by atoms with Gasteiger partial charge in [-0.1, -0.05) is 36.8 Å². The van der Waals surface area contributed by atoms with Gasteiger partial charge in [0.15, 0.2) is 0 Å². The van der Waals surface area contributed by atoms with E-state index in [2.05, 4.69) is 43.5 Å². The molecule has 0 spiro atoms. The fourth-order valence-electron chi connectivity index (χ4n) is 2.23. The minimum Gasteiger partial charge on any atom is -0.385 e. The van der Waals surface area contributed by atoms with Gasteiger partial charge in [-0.2, -0.15) is 0 Å². The summed E-state index contributed by atoms with van der Waals surface area (Å²) in [6.07, 6.45) is 3.16. The average Bonchev–Trinajstić information content (AvgIpc) is 2.37. The molecule has 1 rings (SSSR count). The van der Waals surface area contributed by atoms with Crippen LogP contribution in [0.4, 0.5) is 0 Å². The van der Waals surface area contributed by atoms with E-state index in [1.165, 1.54) is 11.1 Å². The van der Waals surface area contributed by atoms with E-state index in [-0.39, 0.29) is 0 Å². The van der Waals surface area contributed by atoms with Gasteiger partial charge in [0.1, 0.15) is 0 Å². The normalized spacial score (nSPS) is 14.4. The first kappa shape index (κ1) is 15.2. The topological polar surface area (TPSA) is 47.3 Å². The van der Waals surface area contributed by atoms with Gasteiger partial charge in [0.05, 0.1) is 0 Å². The number of nitrogens with two attached hydrogens (primary N) is 1. The van der Waals surface area contributed by atoms with Crippen molar-refractivity contribution in [1.29, 1.82) is 0 Å². The van der Waals surface area contributed by atoms with Crippen molar-refractivity contribution < 1.29 is 4.74 Å². The highest BCUT2D eigenvalue weighted by molar-refractivity contribution is 5.22. The van der Waals surface area contributed by atoms with Gasteiger partial charge in [-0.15, -0.1) is 0 Å². The van der Waals surface area contributed by atoms with E-state index < -0.39 is 0 Å². The summed E-state index contributed by atoms with van der Waals surface area (Å²) in [5, 5.41) is 0. The molecule has 3 heteroatoms. The first-order valence-corrected chi connectivity index (χ1v) is 6.68. The van der Waals surface area contributed by atoms with E-state index in [4.69, 9.17) is 10.6 Å². The molecule has 0 fully saturated rings. The highest BCUT2D eigenvalue weighted by Crippen LogP contribution is 2.15. The fourth-order valence-corrected chi connectivity index (χ4v) is 2.23. The van der Waals surface area contributed by atoms with Crippen LogP contribution in [0.25, 0.3) is 0 Å². The molecule has 0 saturated heterocycles. The van der Waals surface area contributed by atoms with Gasteiger partial charge in [-0.05, 0) is 37.7 Å². The third kappa shape index (κ3) is 5.17. The maximum Gasteiger partial charge on any atom is 0.0465 e. The Bertz CT molecular complexity index is 341. The van der Waals surface area contributed by atoms with E-state index in [0.717, 1.165) is 25.9 Å². The molecule has 102 valence electrons. The molecular formula is C15H26N2O. The van der Waals surface area contributed by atoms with Crippen molar-refractivity contribution in [3.63, 3.8) is 0 Å². The van der Waals surface area contributed by atoms with Crippen molar-refractivity contribution >= 4 is 0 Å². The van der Waals surface area contributed by atoms with Gasteiger partial charge in [-0.25, -0.2) is 0 Å². The summed E-state index contributed by atoms with van der Waals surface area (Å²) in [4.78, 5) is 0. The molecule has 3 N–H and O–H groups in total. The lowest BCUT2D eigenvalue weighted by atomic mass is 9.93. The van der Waals surface area contributed by atoms with Crippen molar-refractivity contribution in [3.8, 4) is 0 Å². The molecule has 0 heterocycles. The zero-order valence-corrected chi connectivity index (χ0v) is 11.8. The van der Waals surface area contributed by atoms with Crippen LogP contribution in [0.2, 0.25) is 0 Å². The number of nitrogens with one attached hydrogen (secondary N) is 1. The van der Waals surface area contributed by atoms with Crippen LogP contribution in [0.1, 0.15) is 30.9 Å². The Labute approximate surface area is 111 Å². The second-order valence-electron chi connectivity index (χ2n) is 5.06. The van der Waals surface area contributed by atoms with Crippen molar-refractivity contribution in [3.05, 3.63) is 35.4 Å². The zero-order valence-electron chi connectivity index (χ0n) is 11.8. The summed E-state index contributed by atoms with van der Waals surface area (Å²) >= 11 is 0. The van der Waals surface area contributed by atoms with Crippen LogP contribution in [-0.4, -0.2) is 19.8 Å². The van der Waals surface area contributed by atoms with Crippen LogP contribution in [0.15, 0.2) is 24.3 Å². The minimum atomic E-state index is 0.348. The lowest BCUT2D eigenvalue weighted by molar-refractivity contribution is 0.168. The Hall–Kier alpha value is -0.900. The predicted octanol–water partition coefficient (Wildman–Crippen LogP) is 2.43. The van der Waals surface area contributed by atoms with Gasteiger partial charge in [0.25, 0.3) is 0 Å². The van der Waals surface area contributed by atoms with Crippen molar-refractivity contribution in [2.45, 2.75) is 39.2 Å². The summed E-state index contributed by atoms with van der Waals surface area (Å²) in [7, 11) is 1.74. The van der Waals surface area contributed by atoms with Crippen LogP contribution in [0.3, 0.4) is 0 Å². The number of hydrogen-bond donors (Lipinski definition) is 2. The van der Waals surface area contributed by atoms with Crippen LogP contribution >= 0.6 is 0 Å². The second kappa shape index (κ2) is 8.25. The summed E-state index contributed by atoms with van der Waals surface area (Å²) in [5.41, 5.74) is 5.64. The average molecular weight is 250 g/mol.